The molecule has 0 aliphatic heterocycles. The van der Waals surface area contributed by atoms with Crippen molar-refractivity contribution in [3.05, 3.63) is 12.3 Å². The minimum Gasteiger partial charge on any atom is -0.130 e. The van der Waals surface area contributed by atoms with Crippen LogP contribution in [0.4, 0.5) is 0 Å². The van der Waals surface area contributed by atoms with Crippen molar-refractivity contribution < 1.29 is 0 Å². The Hall–Kier alpha value is 0.247. The van der Waals surface area contributed by atoms with Crippen LogP contribution in [0.25, 0.3) is 0 Å². The lowest BCUT2D eigenvalue weighted by atomic mass is 11.3. The van der Waals surface area contributed by atoms with E-state index in [9.17, 15) is 0 Å². The molecule has 0 aromatic carbocycles. The summed E-state index contributed by atoms with van der Waals surface area (Å²) < 4.78 is 0. The maximum absolute atomic E-state index is 5.43. The second kappa shape index (κ2) is 3.44. The summed E-state index contributed by atoms with van der Waals surface area (Å²) in [6, 6.07) is 0. The highest BCUT2D eigenvalue weighted by atomic mass is 35.5. The molecule has 0 saturated carbocycles. The molecule has 6 heavy (non-hydrogen) atoms. The van der Waals surface area contributed by atoms with Gasteiger partial charge in [0.1, 0.15) is 0 Å². The van der Waals surface area contributed by atoms with Crippen LogP contribution in [0, 0.1) is 0 Å². The van der Waals surface area contributed by atoms with E-state index < -0.39 is 0 Å². The molecule has 0 fully saturated rings. The van der Waals surface area contributed by atoms with Gasteiger partial charge >= 0.3 is 0 Å². The first-order valence-electron chi connectivity index (χ1n) is 1.82. The summed E-state index contributed by atoms with van der Waals surface area (Å²) in [5.41, 5.74) is 2.73. The van der Waals surface area contributed by atoms with Crippen molar-refractivity contribution >= 4 is 20.4 Å². The molecule has 0 unspecified atom stereocenters. The maximum atomic E-state index is 5.43. The van der Waals surface area contributed by atoms with E-state index in [1.807, 2.05) is 5.70 Å². The van der Waals surface area contributed by atoms with Gasteiger partial charge in [0, 0.05) is 5.50 Å². The smallest absolute Gasteiger partial charge is 0.0885 e. The molecule has 2 heteroatoms. The van der Waals surface area contributed by atoms with Gasteiger partial charge in [-0.05, 0) is 0 Å². The van der Waals surface area contributed by atoms with Crippen LogP contribution >= 0.6 is 11.6 Å². The van der Waals surface area contributed by atoms with Gasteiger partial charge in [-0.25, -0.2) is 0 Å². The molecule has 0 aromatic heterocycles. The van der Waals surface area contributed by atoms with E-state index in [1.165, 1.54) is 0 Å². The summed E-state index contributed by atoms with van der Waals surface area (Å²) in [5.74, 6) is 0. The average Bonchev–Trinajstić information content (AvgIpc) is 1.65. The Morgan fingerprint density at radius 3 is 2.50 bits per heavy atom. The molecule has 0 nitrogen and oxygen atoms in total. The van der Waals surface area contributed by atoms with Crippen LogP contribution in [-0.2, 0) is 0 Å². The Labute approximate surface area is 45.4 Å². The lowest BCUT2D eigenvalue weighted by Gasteiger charge is -1.88. The molecule has 0 rings (SSSR count). The van der Waals surface area contributed by atoms with E-state index in [4.69, 9.17) is 11.6 Å². The molecule has 0 aromatic rings. The van der Waals surface area contributed by atoms with Gasteiger partial charge in [-0.1, -0.05) is 6.55 Å². The molecule has 35 valence electrons. The third-order valence-electron chi connectivity index (χ3n) is 0.559. The molecule has 0 spiro atoms. The number of alkyl halides is 1. The zero-order valence-electron chi connectivity index (χ0n) is 3.87. The highest BCUT2D eigenvalue weighted by Gasteiger charge is 1.90. The summed E-state index contributed by atoms with van der Waals surface area (Å²) in [6.45, 7) is 5.72. The minimum absolute atomic E-state index is 0.339. The fourth-order valence-electron chi connectivity index (χ4n) is 0.0546. The van der Waals surface area contributed by atoms with E-state index in [2.05, 4.69) is 13.1 Å². The lowest BCUT2D eigenvalue weighted by molar-refractivity contribution is 1.93. The largest absolute Gasteiger partial charge is 0.130 e. The molecule has 1 radical (unpaired) electrons. The molecule has 0 heterocycles. The SMILES string of the molecule is C=C[Si](C)CCl. The fraction of sp³-hybridized carbons (Fsp3) is 0.500. The number of hydrogen-bond donors (Lipinski definition) is 0. The van der Waals surface area contributed by atoms with Crippen LogP contribution in [0.3, 0.4) is 0 Å². The van der Waals surface area contributed by atoms with Crippen molar-refractivity contribution in [2.45, 2.75) is 6.55 Å². The van der Waals surface area contributed by atoms with Gasteiger partial charge < -0.3 is 0 Å². The molecule has 0 saturated heterocycles. The van der Waals surface area contributed by atoms with Gasteiger partial charge in [0.15, 0.2) is 0 Å². The van der Waals surface area contributed by atoms with Gasteiger partial charge in [-0.2, -0.15) is 0 Å². The van der Waals surface area contributed by atoms with Crippen molar-refractivity contribution in [1.82, 2.24) is 0 Å². The fourth-order valence-corrected chi connectivity index (χ4v) is 0.491. The van der Waals surface area contributed by atoms with Gasteiger partial charge in [0.25, 0.3) is 0 Å². The van der Waals surface area contributed by atoms with E-state index in [0.29, 0.717) is 0 Å². The average molecular weight is 120 g/mol. The predicted octanol–water partition coefficient (Wildman–Crippen LogP) is 1.61. The highest BCUT2D eigenvalue weighted by molar-refractivity contribution is 6.70. The van der Waals surface area contributed by atoms with Crippen LogP contribution in [0.2, 0.25) is 6.55 Å². The Kier molecular flexibility index (Phi) is 3.58. The van der Waals surface area contributed by atoms with Crippen LogP contribution in [0.5, 0.6) is 0 Å². The Morgan fingerprint density at radius 2 is 2.50 bits per heavy atom. The quantitative estimate of drug-likeness (QED) is 0.383. The molecule has 0 amide bonds. The van der Waals surface area contributed by atoms with Crippen LogP contribution < -0.4 is 0 Å². The van der Waals surface area contributed by atoms with Gasteiger partial charge in [0.2, 0.25) is 0 Å². The maximum Gasteiger partial charge on any atom is 0.0885 e. The van der Waals surface area contributed by atoms with Gasteiger partial charge in [-0.3, -0.25) is 0 Å². The zero-order valence-corrected chi connectivity index (χ0v) is 5.63. The summed E-state index contributed by atoms with van der Waals surface area (Å²) in [7, 11) is -0.339. The standard InChI is InChI=1S/C4H8ClSi/c1-3-6(2)4-5/h3H,1,4H2,2H3. The Morgan fingerprint density at radius 1 is 2.00 bits per heavy atom. The van der Waals surface area contributed by atoms with Crippen molar-refractivity contribution in [3.8, 4) is 0 Å². The number of rotatable bonds is 2. The molecular weight excluding hydrogens is 112 g/mol. The summed E-state index contributed by atoms with van der Waals surface area (Å²) in [4.78, 5) is 0. The van der Waals surface area contributed by atoms with Crippen LogP contribution in [0.15, 0.2) is 12.3 Å². The zero-order chi connectivity index (χ0) is 4.99. The summed E-state index contributed by atoms with van der Waals surface area (Å²) >= 11 is 5.43. The molecule has 0 atom stereocenters. The second-order valence-electron chi connectivity index (χ2n) is 1.18. The van der Waals surface area contributed by atoms with Crippen molar-refractivity contribution in [2.75, 3.05) is 5.50 Å². The molecule has 0 N–H and O–H groups in total. The van der Waals surface area contributed by atoms with Crippen LogP contribution in [-0.4, -0.2) is 14.3 Å². The Bertz CT molecular complexity index is 44.8. The van der Waals surface area contributed by atoms with Gasteiger partial charge in [-0.15, -0.1) is 23.9 Å². The summed E-state index contributed by atoms with van der Waals surface area (Å²) in [6.07, 6.45) is 0. The number of halogens is 1. The number of hydrogen-bond acceptors (Lipinski definition) is 0. The van der Waals surface area contributed by atoms with Crippen molar-refractivity contribution in [1.29, 1.82) is 0 Å². The first-order valence-corrected chi connectivity index (χ1v) is 4.64. The van der Waals surface area contributed by atoms with Crippen molar-refractivity contribution in [3.63, 3.8) is 0 Å². The van der Waals surface area contributed by atoms with Crippen LogP contribution in [0.1, 0.15) is 0 Å². The molecule has 0 aliphatic rings. The Balaban J connectivity index is 2.96. The molecule has 0 aliphatic carbocycles. The van der Waals surface area contributed by atoms with E-state index in [-0.39, 0.29) is 8.80 Å². The topological polar surface area (TPSA) is 0 Å². The van der Waals surface area contributed by atoms with Crippen molar-refractivity contribution in [2.24, 2.45) is 0 Å². The third kappa shape index (κ3) is 2.48. The second-order valence-corrected chi connectivity index (χ2v) is 4.35. The first kappa shape index (κ1) is 6.25. The molecular formula is C4H8ClSi. The minimum atomic E-state index is -0.339. The third-order valence-corrected chi connectivity index (χ3v) is 2.94. The monoisotopic (exact) mass is 119 g/mol. The van der Waals surface area contributed by atoms with E-state index in [0.717, 1.165) is 5.50 Å². The highest BCUT2D eigenvalue weighted by Crippen LogP contribution is 1.83. The normalized spacial score (nSPS) is 9.17. The summed E-state index contributed by atoms with van der Waals surface area (Å²) in [5, 5.41) is 0. The lowest BCUT2D eigenvalue weighted by Crippen LogP contribution is -2.03. The first-order chi connectivity index (χ1) is 2.81. The van der Waals surface area contributed by atoms with E-state index >= 15 is 0 Å². The molecule has 0 bridgehead atoms. The predicted molar refractivity (Wildman–Crippen MR) is 32.5 cm³/mol. The van der Waals surface area contributed by atoms with E-state index in [1.54, 1.807) is 0 Å². The van der Waals surface area contributed by atoms with Gasteiger partial charge in [0.05, 0.1) is 8.80 Å².